The molecule has 0 heterocycles. The molecular weight excluding hydrogens is 522 g/mol. The Bertz CT molecular complexity index is 1950. The molecule has 0 aliphatic heterocycles. The molecule has 3 aromatic rings. The van der Waals surface area contributed by atoms with Crippen molar-refractivity contribution in [2.45, 2.75) is 6.36 Å². The summed E-state index contributed by atoms with van der Waals surface area (Å²) in [6.07, 6.45) is -4.99. The number of nitrogens with zero attached hydrogens (tertiary/aromatic N) is 5. The van der Waals surface area contributed by atoms with Gasteiger partial charge >= 0.3 is 6.36 Å². The summed E-state index contributed by atoms with van der Waals surface area (Å²) >= 11 is 0. The third-order valence-electron chi connectivity index (χ3n) is 6.38. The van der Waals surface area contributed by atoms with E-state index in [1.54, 1.807) is 24.3 Å². The predicted octanol–water partition coefficient (Wildman–Crippen LogP) is 7.86. The summed E-state index contributed by atoms with van der Waals surface area (Å²) in [7, 11) is 0. The summed E-state index contributed by atoms with van der Waals surface area (Å²) < 4.78 is 57.0. The Kier molecular flexibility index (Phi) is 5.93. The first-order valence-electron chi connectivity index (χ1n) is 11.2. The van der Waals surface area contributed by atoms with E-state index in [1.165, 1.54) is 24.3 Å². The first-order chi connectivity index (χ1) is 19.1. The van der Waals surface area contributed by atoms with Crippen LogP contribution >= 0.6 is 0 Å². The number of allylic oxidation sites excluding steroid dienone is 4. The maximum atomic E-state index is 14.2. The third-order valence-corrected chi connectivity index (χ3v) is 6.38. The van der Waals surface area contributed by atoms with Crippen LogP contribution in [0.25, 0.3) is 48.1 Å². The van der Waals surface area contributed by atoms with E-state index in [1.807, 2.05) is 6.07 Å². The zero-order chi connectivity index (χ0) is 28.8. The van der Waals surface area contributed by atoms with Gasteiger partial charge in [0.2, 0.25) is 5.70 Å². The zero-order valence-electron chi connectivity index (χ0n) is 19.9. The van der Waals surface area contributed by atoms with Crippen LogP contribution in [0.4, 0.5) is 17.6 Å². The highest BCUT2D eigenvalue weighted by atomic mass is 19.4. The van der Waals surface area contributed by atoms with Gasteiger partial charge in [-0.2, -0.15) is 0 Å². The monoisotopic (exact) mass is 531 g/mol. The summed E-state index contributed by atoms with van der Waals surface area (Å²) in [4.78, 5) is 10.1. The van der Waals surface area contributed by atoms with Gasteiger partial charge in [-0.25, -0.2) is 29.4 Å². The SMILES string of the molecule is [C-]#[N+]C1=C(c2ccc3c(c2)/C(=C(\C#N)[N+]#[C-])c2cc(F)ccc2-3)/C(=C(/C#N)[N+]#[C-])c2cc(OC(F)(F)F)ccc21. The van der Waals surface area contributed by atoms with E-state index in [2.05, 4.69) is 19.3 Å². The van der Waals surface area contributed by atoms with E-state index < -0.39 is 23.6 Å². The van der Waals surface area contributed by atoms with Crippen LogP contribution in [-0.2, 0) is 0 Å². The topological polar surface area (TPSA) is 69.9 Å². The first kappa shape index (κ1) is 25.5. The van der Waals surface area contributed by atoms with Gasteiger partial charge in [-0.05, 0) is 80.4 Å². The Hall–Kier alpha value is -6.15. The van der Waals surface area contributed by atoms with Crippen LogP contribution in [0, 0.1) is 48.2 Å². The molecule has 3 aromatic carbocycles. The van der Waals surface area contributed by atoms with Crippen LogP contribution < -0.4 is 4.74 Å². The fourth-order valence-electron chi connectivity index (χ4n) is 4.94. The number of benzene rings is 3. The highest BCUT2D eigenvalue weighted by Crippen LogP contribution is 2.52. The molecule has 10 heteroatoms. The average molecular weight is 531 g/mol. The lowest BCUT2D eigenvalue weighted by molar-refractivity contribution is -0.274. The van der Waals surface area contributed by atoms with Gasteiger partial charge in [-0.15, -0.1) is 13.2 Å². The minimum atomic E-state index is -4.99. The van der Waals surface area contributed by atoms with Crippen molar-refractivity contribution in [1.82, 2.24) is 0 Å². The van der Waals surface area contributed by atoms with Gasteiger partial charge in [0.05, 0.1) is 31.9 Å². The van der Waals surface area contributed by atoms with Gasteiger partial charge in [0.15, 0.2) is 0 Å². The van der Waals surface area contributed by atoms with Crippen LogP contribution in [-0.4, -0.2) is 6.36 Å². The second-order valence-corrected chi connectivity index (χ2v) is 8.44. The molecule has 0 unspecified atom stereocenters. The maximum Gasteiger partial charge on any atom is 0.573 e. The lowest BCUT2D eigenvalue weighted by Crippen LogP contribution is -2.17. The van der Waals surface area contributed by atoms with Crippen molar-refractivity contribution < 1.29 is 22.3 Å². The Morgan fingerprint density at radius 1 is 0.725 bits per heavy atom. The summed E-state index contributed by atoms with van der Waals surface area (Å²) in [6.45, 7) is 22.9. The largest absolute Gasteiger partial charge is 0.573 e. The summed E-state index contributed by atoms with van der Waals surface area (Å²) in [5, 5.41) is 19.4. The lowest BCUT2D eigenvalue weighted by atomic mass is 9.92. The van der Waals surface area contributed by atoms with Crippen molar-refractivity contribution in [3.05, 3.63) is 134 Å². The van der Waals surface area contributed by atoms with Crippen molar-refractivity contribution in [2.75, 3.05) is 0 Å². The predicted molar refractivity (Wildman–Crippen MR) is 136 cm³/mol. The van der Waals surface area contributed by atoms with Gasteiger partial charge < -0.3 is 4.74 Å². The van der Waals surface area contributed by atoms with E-state index in [-0.39, 0.29) is 39.2 Å². The van der Waals surface area contributed by atoms with E-state index in [9.17, 15) is 28.1 Å². The number of hydrogen-bond acceptors (Lipinski definition) is 3. The molecule has 0 N–H and O–H groups in total. The summed E-state index contributed by atoms with van der Waals surface area (Å²) in [6, 6.07) is 15.7. The number of fused-ring (bicyclic) bond motifs is 4. The van der Waals surface area contributed by atoms with Gasteiger partial charge in [-0.3, -0.25) is 0 Å². The van der Waals surface area contributed by atoms with Crippen molar-refractivity contribution >= 4 is 22.4 Å². The minimum Gasteiger partial charge on any atom is -0.406 e. The highest BCUT2D eigenvalue weighted by Gasteiger charge is 2.35. The molecular formula is C30H9F4N5O. The van der Waals surface area contributed by atoms with Crippen LogP contribution in [0.1, 0.15) is 27.8 Å². The van der Waals surface area contributed by atoms with Crippen LogP contribution in [0.2, 0.25) is 0 Å². The number of halogens is 4. The number of alkyl halides is 3. The van der Waals surface area contributed by atoms with Crippen molar-refractivity contribution in [3.63, 3.8) is 0 Å². The molecule has 0 saturated carbocycles. The molecule has 188 valence electrons. The molecule has 0 aromatic heterocycles. The fourth-order valence-corrected chi connectivity index (χ4v) is 4.94. The second kappa shape index (κ2) is 9.30. The fraction of sp³-hybridized carbons (Fsp3) is 0.0333. The Morgan fingerprint density at radius 3 is 1.90 bits per heavy atom. The second-order valence-electron chi connectivity index (χ2n) is 8.44. The normalized spacial score (nSPS) is 15.4. The van der Waals surface area contributed by atoms with Crippen LogP contribution in [0.15, 0.2) is 66.0 Å². The smallest absolute Gasteiger partial charge is 0.406 e. The van der Waals surface area contributed by atoms with E-state index in [0.29, 0.717) is 27.8 Å². The molecule has 0 spiro atoms. The van der Waals surface area contributed by atoms with Gasteiger partial charge in [0.25, 0.3) is 11.4 Å². The van der Waals surface area contributed by atoms with Gasteiger partial charge in [0.1, 0.15) is 11.6 Å². The molecule has 0 amide bonds. The Labute approximate surface area is 224 Å². The Balaban J connectivity index is 1.80. The van der Waals surface area contributed by atoms with Crippen LogP contribution in [0.3, 0.4) is 0 Å². The van der Waals surface area contributed by atoms with Crippen molar-refractivity contribution in [1.29, 1.82) is 10.5 Å². The molecule has 0 fully saturated rings. The molecule has 2 aliphatic rings. The minimum absolute atomic E-state index is 0.0160. The van der Waals surface area contributed by atoms with Gasteiger partial charge in [-0.1, -0.05) is 24.3 Å². The first-order valence-corrected chi connectivity index (χ1v) is 11.2. The quantitative estimate of drug-likeness (QED) is 0.150. The zero-order valence-corrected chi connectivity index (χ0v) is 19.9. The van der Waals surface area contributed by atoms with Crippen LogP contribution in [0.5, 0.6) is 5.75 Å². The number of nitriles is 2. The molecule has 6 nitrogen and oxygen atoms in total. The number of hydrogen-bond donors (Lipinski definition) is 0. The van der Waals surface area contributed by atoms with E-state index >= 15 is 0 Å². The summed E-state index contributed by atoms with van der Waals surface area (Å²) in [5.74, 6) is -1.17. The highest BCUT2D eigenvalue weighted by molar-refractivity contribution is 6.24. The molecule has 5 rings (SSSR count). The summed E-state index contributed by atoms with van der Waals surface area (Å²) in [5.41, 5.74) is 1.91. The molecule has 0 atom stereocenters. The van der Waals surface area contributed by atoms with E-state index in [4.69, 9.17) is 19.7 Å². The average Bonchev–Trinajstić information content (AvgIpc) is 3.41. The third kappa shape index (κ3) is 3.93. The molecule has 2 aliphatic carbocycles. The lowest BCUT2D eigenvalue weighted by Gasteiger charge is -2.13. The molecule has 0 saturated heterocycles. The van der Waals surface area contributed by atoms with Crippen molar-refractivity contribution in [2.24, 2.45) is 0 Å². The maximum absolute atomic E-state index is 14.2. The standard InChI is InChI=1S/C30H9F4N5O/c1-37-24(13-35)27-21-10-15(4-7-18(21)19-8-5-16(31)11-22(19)27)26-28(25(14-36)38-2)23-12-17(40-30(32,33)34)6-9-20(23)29(26)39-3/h4-12H/b27-24-,28-25-. The van der Waals surface area contributed by atoms with E-state index in [0.717, 1.165) is 12.1 Å². The molecule has 0 radical (unpaired) electrons. The Morgan fingerprint density at radius 2 is 1.30 bits per heavy atom. The number of rotatable bonds is 2. The molecule has 40 heavy (non-hydrogen) atoms. The number of ether oxygens (including phenoxy) is 1. The molecule has 0 bridgehead atoms. The van der Waals surface area contributed by atoms with Gasteiger partial charge in [0, 0.05) is 5.57 Å². The van der Waals surface area contributed by atoms with Crippen molar-refractivity contribution in [3.8, 4) is 29.0 Å².